The molecular formula is C27H33Cl2N5O5. The molecule has 1 saturated carbocycles. The Bertz CT molecular complexity index is 1430. The Hall–Kier alpha value is -3.24. The van der Waals surface area contributed by atoms with E-state index in [2.05, 4.69) is 20.6 Å². The number of fused-ring (bicyclic) bond motifs is 1. The number of methoxy groups -OCH3 is 2. The zero-order valence-electron chi connectivity index (χ0n) is 22.9. The standard InChI is InChI=1S/C27H33Cl2N5O5/c1-7-34-23-14(11-15(24(34)35)20-21(28)18(37-5)12-19(38-6)22(20)29)13-30-25(33-23)31-16-9-8-10-17(16)32-26(36)39-27(2,3)4/h11-13,16-17H,7-10H2,1-6H3,(H,32,36)(H,30,31,33). The SMILES string of the molecule is CCn1c(=O)c(-c2c(Cl)c(OC)cc(OC)c2Cl)cc2cnc(NC3CCCC3NC(=O)OC(C)(C)C)nc21. The molecule has 1 fully saturated rings. The minimum Gasteiger partial charge on any atom is -0.495 e. The number of carbonyl (C=O) groups excluding carboxylic acids is 1. The first-order valence-corrected chi connectivity index (χ1v) is 13.5. The van der Waals surface area contributed by atoms with Crippen LogP contribution in [-0.4, -0.2) is 52.5 Å². The number of carbonyl (C=O) groups is 1. The molecule has 39 heavy (non-hydrogen) atoms. The highest BCUT2D eigenvalue weighted by Crippen LogP contribution is 2.45. The third-order valence-corrected chi connectivity index (χ3v) is 7.27. The van der Waals surface area contributed by atoms with Crippen molar-refractivity contribution in [3.63, 3.8) is 0 Å². The van der Waals surface area contributed by atoms with Crippen LogP contribution in [0.4, 0.5) is 10.7 Å². The van der Waals surface area contributed by atoms with E-state index >= 15 is 0 Å². The van der Waals surface area contributed by atoms with E-state index in [0.29, 0.717) is 40.6 Å². The molecule has 0 saturated heterocycles. The Balaban J connectivity index is 1.70. The summed E-state index contributed by atoms with van der Waals surface area (Å²) in [6.07, 6.45) is 3.75. The maximum atomic E-state index is 13.7. The monoisotopic (exact) mass is 577 g/mol. The molecule has 4 rings (SSSR count). The van der Waals surface area contributed by atoms with Gasteiger partial charge in [-0.25, -0.2) is 9.78 Å². The van der Waals surface area contributed by atoms with Gasteiger partial charge in [0.2, 0.25) is 5.95 Å². The van der Waals surface area contributed by atoms with Gasteiger partial charge in [0.1, 0.15) is 22.7 Å². The molecule has 210 valence electrons. The molecule has 1 amide bonds. The number of alkyl carbamates (subject to hydrolysis) is 1. The van der Waals surface area contributed by atoms with Crippen LogP contribution in [0, 0.1) is 0 Å². The van der Waals surface area contributed by atoms with Gasteiger partial charge in [0.05, 0.1) is 35.9 Å². The number of aryl methyl sites for hydroxylation is 1. The number of benzene rings is 1. The lowest BCUT2D eigenvalue weighted by Gasteiger charge is -2.25. The van der Waals surface area contributed by atoms with Crippen molar-refractivity contribution in [2.24, 2.45) is 0 Å². The lowest BCUT2D eigenvalue weighted by atomic mass is 10.0. The first kappa shape index (κ1) is 28.8. The molecule has 2 unspecified atom stereocenters. The summed E-state index contributed by atoms with van der Waals surface area (Å²) in [5.74, 6) is 1.02. The van der Waals surface area contributed by atoms with Crippen LogP contribution < -0.4 is 25.7 Å². The quantitative estimate of drug-likeness (QED) is 0.369. The van der Waals surface area contributed by atoms with Gasteiger partial charge in [-0.1, -0.05) is 23.2 Å². The van der Waals surface area contributed by atoms with E-state index in [1.54, 1.807) is 22.9 Å². The van der Waals surface area contributed by atoms with Gasteiger partial charge in [-0.15, -0.1) is 0 Å². The number of pyridine rings is 1. The summed E-state index contributed by atoms with van der Waals surface area (Å²) < 4.78 is 17.7. The Kier molecular flexibility index (Phi) is 8.46. The third kappa shape index (κ3) is 6.01. The Morgan fingerprint density at radius 1 is 1.10 bits per heavy atom. The molecule has 1 aliphatic carbocycles. The van der Waals surface area contributed by atoms with Gasteiger partial charge in [0, 0.05) is 35.8 Å². The lowest BCUT2D eigenvalue weighted by molar-refractivity contribution is 0.0503. The number of anilines is 1. The molecule has 0 bridgehead atoms. The highest BCUT2D eigenvalue weighted by atomic mass is 35.5. The van der Waals surface area contributed by atoms with Crippen molar-refractivity contribution in [3.8, 4) is 22.6 Å². The normalized spacial score (nSPS) is 17.2. The van der Waals surface area contributed by atoms with Gasteiger partial charge in [-0.2, -0.15) is 4.98 Å². The van der Waals surface area contributed by atoms with Gasteiger partial charge in [-0.05, 0) is 53.0 Å². The first-order valence-electron chi connectivity index (χ1n) is 12.7. The second-order valence-electron chi connectivity index (χ2n) is 10.3. The van der Waals surface area contributed by atoms with Crippen molar-refractivity contribution < 1.29 is 19.0 Å². The molecular weight excluding hydrogens is 545 g/mol. The van der Waals surface area contributed by atoms with Crippen molar-refractivity contribution in [1.29, 1.82) is 0 Å². The molecule has 1 aliphatic rings. The second-order valence-corrected chi connectivity index (χ2v) is 11.1. The molecule has 2 aromatic heterocycles. The van der Waals surface area contributed by atoms with Crippen LogP contribution >= 0.6 is 23.2 Å². The van der Waals surface area contributed by atoms with Crippen LogP contribution in [0.15, 0.2) is 23.1 Å². The molecule has 0 spiro atoms. The molecule has 2 atom stereocenters. The number of nitrogens with zero attached hydrogens (tertiary/aromatic N) is 3. The molecule has 10 nitrogen and oxygen atoms in total. The average molecular weight is 578 g/mol. The number of rotatable bonds is 7. The van der Waals surface area contributed by atoms with E-state index in [1.807, 2.05) is 27.7 Å². The number of amides is 1. The van der Waals surface area contributed by atoms with Crippen molar-refractivity contribution in [1.82, 2.24) is 19.9 Å². The molecule has 2 heterocycles. The maximum Gasteiger partial charge on any atom is 0.407 e. The molecule has 0 aliphatic heterocycles. The summed E-state index contributed by atoms with van der Waals surface area (Å²) >= 11 is 13.2. The van der Waals surface area contributed by atoms with E-state index in [1.165, 1.54) is 14.2 Å². The Morgan fingerprint density at radius 3 is 2.33 bits per heavy atom. The predicted octanol–water partition coefficient (Wildman–Crippen LogP) is 5.66. The zero-order chi connectivity index (χ0) is 28.5. The van der Waals surface area contributed by atoms with Gasteiger partial charge < -0.3 is 24.8 Å². The molecule has 1 aromatic carbocycles. The smallest absolute Gasteiger partial charge is 0.407 e. The van der Waals surface area contributed by atoms with Crippen LogP contribution in [-0.2, 0) is 11.3 Å². The topological polar surface area (TPSA) is 117 Å². The summed E-state index contributed by atoms with van der Waals surface area (Å²) in [5, 5.41) is 7.31. The molecule has 12 heteroatoms. The number of ether oxygens (including phenoxy) is 3. The maximum absolute atomic E-state index is 13.7. The third-order valence-electron chi connectivity index (χ3n) is 6.52. The summed E-state index contributed by atoms with van der Waals surface area (Å²) in [5.41, 5.74) is 0.144. The fraction of sp³-hybridized carbons (Fsp3) is 0.481. The number of aromatic nitrogens is 3. The van der Waals surface area contributed by atoms with Crippen molar-refractivity contribution in [2.75, 3.05) is 19.5 Å². The zero-order valence-corrected chi connectivity index (χ0v) is 24.4. The van der Waals surface area contributed by atoms with Crippen molar-refractivity contribution in [3.05, 3.63) is 38.7 Å². The lowest BCUT2D eigenvalue weighted by Crippen LogP contribution is -2.45. The van der Waals surface area contributed by atoms with Crippen LogP contribution in [0.2, 0.25) is 10.0 Å². The van der Waals surface area contributed by atoms with E-state index in [0.717, 1.165) is 19.3 Å². The van der Waals surface area contributed by atoms with Crippen molar-refractivity contribution >= 4 is 46.3 Å². The van der Waals surface area contributed by atoms with Gasteiger partial charge in [0.25, 0.3) is 5.56 Å². The van der Waals surface area contributed by atoms with Gasteiger partial charge in [-0.3, -0.25) is 9.36 Å². The average Bonchev–Trinajstić information content (AvgIpc) is 3.29. The Morgan fingerprint density at radius 2 is 1.74 bits per heavy atom. The van der Waals surface area contributed by atoms with Crippen LogP contribution in [0.3, 0.4) is 0 Å². The van der Waals surface area contributed by atoms with E-state index < -0.39 is 11.7 Å². The summed E-state index contributed by atoms with van der Waals surface area (Å²) in [6, 6.07) is 3.02. The number of hydrogen-bond acceptors (Lipinski definition) is 8. The molecule has 0 radical (unpaired) electrons. The summed E-state index contributed by atoms with van der Waals surface area (Å²) in [4.78, 5) is 35.2. The van der Waals surface area contributed by atoms with Crippen LogP contribution in [0.5, 0.6) is 11.5 Å². The largest absolute Gasteiger partial charge is 0.495 e. The number of nitrogens with one attached hydrogen (secondary N) is 2. The first-order chi connectivity index (χ1) is 18.5. The molecule has 3 aromatic rings. The second kappa shape index (κ2) is 11.5. The van der Waals surface area contributed by atoms with Gasteiger partial charge >= 0.3 is 6.09 Å². The van der Waals surface area contributed by atoms with Crippen LogP contribution in [0.25, 0.3) is 22.2 Å². The highest BCUT2D eigenvalue weighted by Gasteiger charge is 2.31. The van der Waals surface area contributed by atoms with E-state index in [9.17, 15) is 9.59 Å². The van der Waals surface area contributed by atoms with E-state index in [4.69, 9.17) is 37.4 Å². The van der Waals surface area contributed by atoms with Crippen LogP contribution in [0.1, 0.15) is 47.0 Å². The number of hydrogen-bond donors (Lipinski definition) is 2. The minimum atomic E-state index is -0.583. The van der Waals surface area contributed by atoms with Gasteiger partial charge in [0.15, 0.2) is 0 Å². The van der Waals surface area contributed by atoms with Crippen molar-refractivity contribution in [2.45, 2.75) is 71.2 Å². The fourth-order valence-electron chi connectivity index (χ4n) is 4.75. The molecule has 2 N–H and O–H groups in total. The number of halogens is 2. The Labute approximate surface area is 237 Å². The fourth-order valence-corrected chi connectivity index (χ4v) is 5.46. The highest BCUT2D eigenvalue weighted by molar-refractivity contribution is 6.41. The van der Waals surface area contributed by atoms with E-state index in [-0.39, 0.29) is 33.3 Å². The minimum absolute atomic E-state index is 0.0853. The predicted molar refractivity (Wildman–Crippen MR) is 152 cm³/mol. The summed E-state index contributed by atoms with van der Waals surface area (Å²) in [6.45, 7) is 7.68. The summed E-state index contributed by atoms with van der Waals surface area (Å²) in [7, 11) is 2.95.